The highest BCUT2D eigenvalue weighted by Gasteiger charge is 2.21. The van der Waals surface area contributed by atoms with Gasteiger partial charge in [0.25, 0.3) is 26.0 Å². The Balaban J connectivity index is 1.52. The number of hydrogen-bond donors (Lipinski definition) is 3. The van der Waals surface area contributed by atoms with Gasteiger partial charge in [-0.15, -0.1) is 0 Å². The predicted molar refractivity (Wildman–Crippen MR) is 154 cm³/mol. The highest BCUT2D eigenvalue weighted by molar-refractivity contribution is 7.93. The first kappa shape index (κ1) is 27.9. The Kier molecular flexibility index (Phi) is 7.80. The first-order valence-corrected chi connectivity index (χ1v) is 15.0. The molecule has 4 aromatic carbocycles. The molecule has 4 rings (SSSR count). The van der Waals surface area contributed by atoms with Crippen LogP contribution in [0.25, 0.3) is 0 Å². The molecule has 4 aromatic rings. The molecule has 1 amide bonds. The van der Waals surface area contributed by atoms with Crippen molar-refractivity contribution in [3.05, 3.63) is 113 Å². The monoisotopic (exact) mass is 563 g/mol. The van der Waals surface area contributed by atoms with Gasteiger partial charge in [0.15, 0.2) is 0 Å². The zero-order valence-electron chi connectivity index (χ0n) is 21.9. The van der Waals surface area contributed by atoms with Gasteiger partial charge >= 0.3 is 0 Å². The highest BCUT2D eigenvalue weighted by atomic mass is 32.2. The molecule has 0 radical (unpaired) electrons. The molecule has 0 saturated carbocycles. The summed E-state index contributed by atoms with van der Waals surface area (Å²) in [6, 6.07) is 22.7. The zero-order chi connectivity index (χ0) is 28.4. The van der Waals surface area contributed by atoms with Gasteiger partial charge in [0.1, 0.15) is 0 Å². The third-order valence-corrected chi connectivity index (χ3v) is 9.14. The van der Waals surface area contributed by atoms with Crippen LogP contribution in [-0.2, 0) is 20.0 Å². The number of amides is 1. The molecule has 202 valence electrons. The quantitative estimate of drug-likeness (QED) is 0.251. The minimum atomic E-state index is -3.95. The molecule has 0 unspecified atom stereocenters. The largest absolute Gasteiger partial charge is 0.322 e. The van der Waals surface area contributed by atoms with Crippen molar-refractivity contribution in [2.45, 2.75) is 37.5 Å². The van der Waals surface area contributed by atoms with E-state index < -0.39 is 26.0 Å². The molecule has 0 saturated heterocycles. The van der Waals surface area contributed by atoms with Gasteiger partial charge in [-0.25, -0.2) is 16.8 Å². The molecule has 0 aromatic heterocycles. The van der Waals surface area contributed by atoms with Gasteiger partial charge < -0.3 is 5.32 Å². The average molecular weight is 564 g/mol. The molecular weight excluding hydrogens is 534 g/mol. The Morgan fingerprint density at radius 1 is 0.615 bits per heavy atom. The van der Waals surface area contributed by atoms with Gasteiger partial charge in [0.05, 0.1) is 21.2 Å². The number of sulfonamides is 2. The summed E-state index contributed by atoms with van der Waals surface area (Å²) in [7, 11) is -7.80. The molecule has 0 aliphatic carbocycles. The Morgan fingerprint density at radius 3 is 1.87 bits per heavy atom. The van der Waals surface area contributed by atoms with Crippen molar-refractivity contribution < 1.29 is 21.6 Å². The fraction of sp³-hybridized carbons (Fsp3) is 0.138. The molecule has 8 nitrogen and oxygen atoms in total. The fourth-order valence-electron chi connectivity index (χ4n) is 4.01. The maximum Gasteiger partial charge on any atom is 0.262 e. The normalized spacial score (nSPS) is 11.6. The lowest BCUT2D eigenvalue weighted by Gasteiger charge is -2.14. The topological polar surface area (TPSA) is 121 Å². The van der Waals surface area contributed by atoms with Gasteiger partial charge in [0.2, 0.25) is 0 Å². The number of rotatable bonds is 8. The van der Waals surface area contributed by atoms with Gasteiger partial charge in [-0.05, 0) is 92.4 Å². The first-order valence-electron chi connectivity index (χ1n) is 12.1. The molecule has 0 aliphatic heterocycles. The smallest absolute Gasteiger partial charge is 0.262 e. The van der Waals surface area contributed by atoms with Crippen LogP contribution in [0, 0.1) is 27.7 Å². The number of nitrogens with one attached hydrogen (secondary N) is 3. The Labute approximate surface area is 229 Å². The number of anilines is 3. The fourth-order valence-corrected chi connectivity index (χ4v) is 6.61. The number of aryl methyl sites for hydroxylation is 4. The summed E-state index contributed by atoms with van der Waals surface area (Å²) in [6.07, 6.45) is 0. The maximum absolute atomic E-state index is 13.1. The second kappa shape index (κ2) is 10.9. The molecule has 0 fully saturated rings. The van der Waals surface area contributed by atoms with Crippen LogP contribution < -0.4 is 14.8 Å². The van der Waals surface area contributed by atoms with Crippen LogP contribution >= 0.6 is 0 Å². The summed E-state index contributed by atoms with van der Waals surface area (Å²) in [5.74, 6) is -0.536. The summed E-state index contributed by atoms with van der Waals surface area (Å²) in [5.41, 5.74) is 4.33. The van der Waals surface area contributed by atoms with Gasteiger partial charge in [-0.1, -0.05) is 42.5 Å². The summed E-state index contributed by atoms with van der Waals surface area (Å²) in [6.45, 7) is 7.10. The molecule has 3 N–H and O–H groups in total. The molecular formula is C29H29N3O5S2. The van der Waals surface area contributed by atoms with E-state index in [-0.39, 0.29) is 15.4 Å². The van der Waals surface area contributed by atoms with Crippen LogP contribution in [0.15, 0.2) is 94.7 Å². The molecule has 0 bridgehead atoms. The van der Waals surface area contributed by atoms with Crippen LogP contribution in [0.2, 0.25) is 0 Å². The molecule has 0 atom stereocenters. The van der Waals surface area contributed by atoms with E-state index >= 15 is 0 Å². The van der Waals surface area contributed by atoms with E-state index in [1.165, 1.54) is 36.4 Å². The standard InChI is InChI=1S/C29H29N3O5S2/c1-19-8-5-6-11-26(19)31-39(36,37)27-18-23(13-12-20(27)2)29(33)30-24-14-16-25(17-15-24)38(34,35)32-28-21(3)9-7-10-22(28)4/h5-18,31-32H,1-4H3,(H,30,33). The number of para-hydroxylation sites is 2. The van der Waals surface area contributed by atoms with Gasteiger partial charge in [-0.2, -0.15) is 0 Å². The molecule has 10 heteroatoms. The van der Waals surface area contributed by atoms with Crippen LogP contribution in [-0.4, -0.2) is 22.7 Å². The van der Waals surface area contributed by atoms with E-state index in [1.54, 1.807) is 38.1 Å². The van der Waals surface area contributed by atoms with E-state index in [1.807, 2.05) is 38.1 Å². The maximum atomic E-state index is 13.1. The van der Waals surface area contributed by atoms with Crippen molar-refractivity contribution in [1.82, 2.24) is 0 Å². The van der Waals surface area contributed by atoms with Crippen molar-refractivity contribution in [3.63, 3.8) is 0 Å². The average Bonchev–Trinajstić information content (AvgIpc) is 2.88. The number of hydrogen-bond acceptors (Lipinski definition) is 5. The van der Waals surface area contributed by atoms with Crippen LogP contribution in [0.3, 0.4) is 0 Å². The number of benzene rings is 4. The van der Waals surface area contributed by atoms with Crippen molar-refractivity contribution in [3.8, 4) is 0 Å². The first-order chi connectivity index (χ1) is 18.4. The van der Waals surface area contributed by atoms with E-state index in [0.717, 1.165) is 16.7 Å². The van der Waals surface area contributed by atoms with Crippen LogP contribution in [0.1, 0.15) is 32.6 Å². The third-order valence-electron chi connectivity index (χ3n) is 6.27. The lowest BCUT2D eigenvalue weighted by molar-refractivity contribution is 0.102. The van der Waals surface area contributed by atoms with E-state index in [9.17, 15) is 21.6 Å². The SMILES string of the molecule is Cc1ccccc1NS(=O)(=O)c1cc(C(=O)Nc2ccc(S(=O)(=O)Nc3c(C)cccc3C)cc2)ccc1C. The minimum Gasteiger partial charge on any atom is -0.322 e. The van der Waals surface area contributed by atoms with Crippen LogP contribution in [0.5, 0.6) is 0 Å². The third kappa shape index (κ3) is 6.30. The van der Waals surface area contributed by atoms with Gasteiger partial charge in [0, 0.05) is 11.3 Å². The molecule has 0 spiro atoms. The minimum absolute atomic E-state index is 0.0163. The Morgan fingerprint density at radius 2 is 1.23 bits per heavy atom. The van der Waals surface area contributed by atoms with Crippen molar-refractivity contribution in [2.24, 2.45) is 0 Å². The molecule has 0 heterocycles. The molecule has 39 heavy (non-hydrogen) atoms. The van der Waals surface area contributed by atoms with Crippen LogP contribution in [0.4, 0.5) is 17.1 Å². The summed E-state index contributed by atoms with van der Waals surface area (Å²) in [5, 5.41) is 2.69. The van der Waals surface area contributed by atoms with E-state index in [4.69, 9.17) is 0 Å². The molecule has 0 aliphatic rings. The summed E-state index contributed by atoms with van der Waals surface area (Å²) < 4.78 is 57.3. The van der Waals surface area contributed by atoms with Crippen molar-refractivity contribution >= 4 is 43.0 Å². The Bertz CT molecular complexity index is 1750. The Hall–Kier alpha value is -4.15. The van der Waals surface area contributed by atoms with Crippen molar-refractivity contribution in [1.29, 1.82) is 0 Å². The van der Waals surface area contributed by atoms with E-state index in [0.29, 0.717) is 22.6 Å². The lowest BCUT2D eigenvalue weighted by Crippen LogP contribution is -2.18. The zero-order valence-corrected chi connectivity index (χ0v) is 23.6. The second-order valence-electron chi connectivity index (χ2n) is 9.25. The van der Waals surface area contributed by atoms with Crippen molar-refractivity contribution in [2.75, 3.05) is 14.8 Å². The predicted octanol–water partition coefficient (Wildman–Crippen LogP) is 5.77. The second-order valence-corrected chi connectivity index (χ2v) is 12.6. The van der Waals surface area contributed by atoms with Gasteiger partial charge in [-0.3, -0.25) is 14.2 Å². The van der Waals surface area contributed by atoms with E-state index in [2.05, 4.69) is 14.8 Å². The lowest BCUT2D eigenvalue weighted by atomic mass is 10.1. The summed E-state index contributed by atoms with van der Waals surface area (Å²) in [4.78, 5) is 13.0. The number of carbonyl (C=O) groups is 1. The summed E-state index contributed by atoms with van der Waals surface area (Å²) >= 11 is 0. The highest BCUT2D eigenvalue weighted by Crippen LogP contribution is 2.25. The number of carbonyl (C=O) groups excluding carboxylic acids is 1.